The van der Waals surface area contributed by atoms with Crippen LogP contribution >= 0.6 is 0 Å². The fourth-order valence-electron chi connectivity index (χ4n) is 2.02. The highest BCUT2D eigenvalue weighted by molar-refractivity contribution is 6.61. The van der Waals surface area contributed by atoms with Crippen LogP contribution in [-0.2, 0) is 0 Å². The van der Waals surface area contributed by atoms with E-state index in [1.807, 2.05) is 0 Å². The smallest absolute Gasteiger partial charge is 0.142 e. The van der Waals surface area contributed by atoms with Crippen molar-refractivity contribution in [3.8, 4) is 0 Å². The fourth-order valence-corrected chi connectivity index (χ4v) is 3.19. The molecule has 0 unspecified atom stereocenters. The van der Waals surface area contributed by atoms with Crippen molar-refractivity contribution in [3.05, 3.63) is 69.8 Å². The second kappa shape index (κ2) is 12.5. The number of allylic oxidation sites excluding steroid dienone is 11. The van der Waals surface area contributed by atoms with Crippen molar-refractivity contribution in [1.29, 1.82) is 0 Å². The molecule has 0 fully saturated rings. The minimum absolute atomic E-state index is 0.602. The third kappa shape index (κ3) is 13.9. The van der Waals surface area contributed by atoms with Gasteiger partial charge in [-0.15, -0.1) is 16.5 Å². The van der Waals surface area contributed by atoms with Crippen molar-refractivity contribution in [2.45, 2.75) is 59.0 Å². The molecule has 0 atom stereocenters. The largest absolute Gasteiger partial charge is 0.288 e. The van der Waals surface area contributed by atoms with Crippen LogP contribution < -0.4 is 0 Å². The quantitative estimate of drug-likeness (QED) is 0.258. The third-order valence-corrected chi connectivity index (χ3v) is 4.34. The van der Waals surface area contributed by atoms with Gasteiger partial charge in [0.05, 0.1) is 0 Å². The molecule has 0 saturated heterocycles. The first kappa shape index (κ1) is 21.0. The van der Waals surface area contributed by atoms with Crippen LogP contribution in [0.4, 0.5) is 0 Å². The van der Waals surface area contributed by atoms with E-state index in [0.29, 0.717) is 0 Å². The zero-order valence-corrected chi connectivity index (χ0v) is 16.8. The summed E-state index contributed by atoms with van der Waals surface area (Å²) in [6.07, 6.45) is 17.6. The van der Waals surface area contributed by atoms with E-state index in [0.717, 1.165) is 12.8 Å². The van der Waals surface area contributed by atoms with Crippen molar-refractivity contribution in [2.75, 3.05) is 0 Å². The second-order valence-corrected chi connectivity index (χ2v) is 9.44. The van der Waals surface area contributed by atoms with E-state index < -0.39 is 14.1 Å². The highest BCUT2D eigenvalue weighted by atomic mass is 27.2. The summed E-state index contributed by atoms with van der Waals surface area (Å²) in [6, 6.07) is 0. The summed E-state index contributed by atoms with van der Waals surface area (Å²) in [5.74, 6) is 4.68. The normalized spacial score (nSPS) is 14.0. The maximum Gasteiger partial charge on any atom is 0.288 e. The van der Waals surface area contributed by atoms with E-state index in [-0.39, 0.29) is 0 Å². The molecule has 0 rings (SSSR count). The van der Waals surface area contributed by atoms with Gasteiger partial charge in [0.1, 0.15) is 0 Å². The van der Waals surface area contributed by atoms with Crippen LogP contribution in [0.25, 0.3) is 0 Å². The molecule has 1 heteroatoms. The molecule has 0 saturated carbocycles. The molecule has 0 spiro atoms. The summed E-state index contributed by atoms with van der Waals surface area (Å²) in [4.78, 5) is 2.41. The van der Waals surface area contributed by atoms with Crippen LogP contribution in [0.3, 0.4) is 0 Å². The van der Waals surface area contributed by atoms with Crippen molar-refractivity contribution in [3.63, 3.8) is 0 Å². The van der Waals surface area contributed by atoms with Crippen LogP contribution in [0, 0.1) is 0 Å². The molecule has 0 nitrogen and oxygen atoms in total. The maximum atomic E-state index is 2.41. The summed E-state index contributed by atoms with van der Waals surface area (Å²) in [5.41, 5.74) is 5.49. The molecule has 0 radical (unpaired) electrons. The molecule has 0 aliphatic rings. The Kier molecular flexibility index (Phi) is 11.9. The molecule has 0 aliphatic heterocycles. The predicted octanol–water partition coefficient (Wildman–Crippen LogP) is 6.98. The van der Waals surface area contributed by atoms with Crippen molar-refractivity contribution >= 4 is 14.1 Å². The summed E-state index contributed by atoms with van der Waals surface area (Å²) < 4.78 is 0. The Morgan fingerprint density at radius 1 is 0.818 bits per heavy atom. The average Bonchev–Trinajstić information content (AvgIpc) is 2.37. The van der Waals surface area contributed by atoms with Gasteiger partial charge in [-0.3, -0.25) is 0 Å². The Balaban J connectivity index is 4.40. The monoisotopic (exact) mass is 312 g/mol. The topological polar surface area (TPSA) is 0 Å². The van der Waals surface area contributed by atoms with Crippen LogP contribution in [0.1, 0.15) is 47.5 Å². The van der Waals surface area contributed by atoms with E-state index in [1.54, 1.807) is 0 Å². The Morgan fingerprint density at radius 2 is 1.41 bits per heavy atom. The molecule has 0 heterocycles. The molecule has 22 heavy (non-hydrogen) atoms. The second-order valence-electron chi connectivity index (χ2n) is 6.62. The molecule has 0 N–H and O–H groups in total. The van der Waals surface area contributed by atoms with Crippen molar-refractivity contribution in [2.24, 2.45) is 0 Å². The summed E-state index contributed by atoms with van der Waals surface area (Å²) in [5, 5.41) is 0. The van der Waals surface area contributed by atoms with E-state index in [2.05, 4.69) is 93.7 Å². The Morgan fingerprint density at radius 3 is 2.00 bits per heavy atom. The van der Waals surface area contributed by atoms with Crippen LogP contribution in [0.2, 0.25) is 11.6 Å². The first-order valence-electron chi connectivity index (χ1n) is 8.32. The molecule has 120 valence electrons. The summed E-state index contributed by atoms with van der Waals surface area (Å²) in [7, 11) is 0. The van der Waals surface area contributed by atoms with E-state index in [9.17, 15) is 0 Å². The lowest BCUT2D eigenvalue weighted by Gasteiger charge is -1.96. The number of hydrogen-bond donors (Lipinski definition) is 0. The van der Waals surface area contributed by atoms with E-state index >= 15 is 0 Å². The maximum absolute atomic E-state index is 2.41. The van der Waals surface area contributed by atoms with Gasteiger partial charge in [0.15, 0.2) is 0 Å². The highest BCUT2D eigenvalue weighted by Gasteiger charge is 1.94. The van der Waals surface area contributed by atoms with Crippen molar-refractivity contribution in [1.82, 2.24) is 0 Å². The first-order chi connectivity index (χ1) is 10.3. The Bertz CT molecular complexity index is 490. The standard InChI is InChI=1S/C19H27.2CH3.Al/c1-16(2)10-7-12-18(5)14-9-15-19(6)13-8-11-17(3)4;;;/h1,7,9-12,14-15H,8,13H2,2-6H3;2*1H3;/b10-7+,14-9+,16-1?,18-12+,19-15+;;;. The number of hydrogen-bond acceptors (Lipinski definition) is 0. The molecular weight excluding hydrogens is 279 g/mol. The van der Waals surface area contributed by atoms with Gasteiger partial charge in [0, 0.05) is 0 Å². The van der Waals surface area contributed by atoms with Gasteiger partial charge in [-0.1, -0.05) is 64.8 Å². The van der Waals surface area contributed by atoms with Crippen LogP contribution in [0.5, 0.6) is 0 Å². The van der Waals surface area contributed by atoms with Gasteiger partial charge in [-0.05, 0) is 47.5 Å². The van der Waals surface area contributed by atoms with Gasteiger partial charge in [0.25, 0.3) is 14.1 Å². The van der Waals surface area contributed by atoms with Crippen LogP contribution in [-0.4, -0.2) is 14.1 Å². The van der Waals surface area contributed by atoms with E-state index in [1.165, 1.54) is 22.3 Å². The average molecular weight is 312 g/mol. The Hall–Kier alpha value is -1.03. The molecule has 0 aliphatic carbocycles. The van der Waals surface area contributed by atoms with Crippen LogP contribution in [0.15, 0.2) is 69.8 Å². The fraction of sp³-hybridized carbons (Fsp3) is 0.429. The molecule has 0 bridgehead atoms. The lowest BCUT2D eigenvalue weighted by molar-refractivity contribution is 0.967. The predicted molar refractivity (Wildman–Crippen MR) is 106 cm³/mol. The lowest BCUT2D eigenvalue weighted by atomic mass is 10.1. The SMILES string of the molecule is CC(C)=CCC/C(C)=C/C=C/C(C)=C/C=C/C(C)=[CH]/[Al]([CH3])[CH3]. The molecule has 0 aromatic carbocycles. The van der Waals surface area contributed by atoms with Crippen molar-refractivity contribution < 1.29 is 0 Å². The van der Waals surface area contributed by atoms with Gasteiger partial charge in [-0.2, -0.15) is 0 Å². The third-order valence-electron chi connectivity index (χ3n) is 3.15. The Labute approximate surface area is 143 Å². The van der Waals surface area contributed by atoms with E-state index in [4.69, 9.17) is 0 Å². The molecule has 0 amide bonds. The first-order valence-corrected chi connectivity index (χ1v) is 11.3. The summed E-state index contributed by atoms with van der Waals surface area (Å²) >= 11 is -0.602. The molecular formula is C21H33Al. The zero-order valence-electron chi connectivity index (χ0n) is 15.6. The summed E-state index contributed by atoms with van der Waals surface area (Å²) in [6.45, 7) is 10.8. The van der Waals surface area contributed by atoms with Gasteiger partial charge < -0.3 is 0 Å². The minimum atomic E-state index is -0.602. The van der Waals surface area contributed by atoms with Gasteiger partial charge in [-0.25, -0.2) is 0 Å². The van der Waals surface area contributed by atoms with Gasteiger partial charge >= 0.3 is 0 Å². The number of rotatable bonds is 8. The van der Waals surface area contributed by atoms with Gasteiger partial charge in [0.2, 0.25) is 0 Å². The lowest BCUT2D eigenvalue weighted by Crippen LogP contribution is -1.93. The minimum Gasteiger partial charge on any atom is -0.142 e. The zero-order chi connectivity index (χ0) is 17.0. The molecule has 0 aromatic heterocycles. The molecule has 0 aromatic rings. The highest BCUT2D eigenvalue weighted by Crippen LogP contribution is 2.07.